The molecule has 0 aromatic heterocycles. The molecular weight excluding hydrogens is 412 g/mol. The number of aliphatic hydroxyl groups excluding tert-OH is 2. The zero-order chi connectivity index (χ0) is 23.5. The minimum atomic E-state index is -2.28. The summed E-state index contributed by atoms with van der Waals surface area (Å²) in [6.07, 6.45) is 1.86. The molecule has 7 nitrogen and oxygen atoms in total. The molecule has 4 aliphatic rings. The Labute approximate surface area is 189 Å². The number of fused-ring (bicyclic) bond motifs is 3. The zero-order valence-corrected chi connectivity index (χ0v) is 19.2. The van der Waals surface area contributed by atoms with Crippen LogP contribution >= 0.6 is 0 Å². The molecule has 4 fully saturated rings. The van der Waals surface area contributed by atoms with E-state index < -0.39 is 58.8 Å². The first-order valence-corrected chi connectivity index (χ1v) is 12.3. The van der Waals surface area contributed by atoms with E-state index in [4.69, 9.17) is 0 Å². The Kier molecular flexibility index (Phi) is 6.23. The summed E-state index contributed by atoms with van der Waals surface area (Å²) in [4.78, 5) is 51.3. The summed E-state index contributed by atoms with van der Waals surface area (Å²) in [5.41, 5.74) is -2.28. The second-order valence-electron chi connectivity index (χ2n) is 10.8. The van der Waals surface area contributed by atoms with Crippen molar-refractivity contribution >= 4 is 23.1 Å². The van der Waals surface area contributed by atoms with Gasteiger partial charge in [-0.25, -0.2) is 0 Å². The van der Waals surface area contributed by atoms with Gasteiger partial charge in [-0.1, -0.05) is 26.7 Å². The Bertz CT molecular complexity index is 821. The van der Waals surface area contributed by atoms with Crippen LogP contribution in [0.1, 0.15) is 65.7 Å². The Hall–Kier alpha value is -1.44. The summed E-state index contributed by atoms with van der Waals surface area (Å²) in [6.45, 7) is 5.30. The third-order valence-electron chi connectivity index (χ3n) is 9.28. The van der Waals surface area contributed by atoms with E-state index in [1.807, 2.05) is 0 Å². The van der Waals surface area contributed by atoms with Gasteiger partial charge in [0, 0.05) is 18.3 Å². The first-order chi connectivity index (χ1) is 15.1. The standard InChI is InChI=1S/C25H36O7/c1-4-6-13-7-12(5-2)16-9-14-8-15-10-17(27)18(11(3)26)23(30)25(15,32)24(31)19(14)22(29)20(16)21(13)28/h12-16,18-21,24,28,31-32H,4-10H2,1-3H3. The lowest BCUT2D eigenvalue weighted by molar-refractivity contribution is -0.210. The number of rotatable bonds is 4. The van der Waals surface area contributed by atoms with Crippen molar-refractivity contribution in [2.24, 2.45) is 47.3 Å². The van der Waals surface area contributed by atoms with Gasteiger partial charge in [0.15, 0.2) is 17.2 Å². The van der Waals surface area contributed by atoms with Gasteiger partial charge in [-0.2, -0.15) is 0 Å². The minimum absolute atomic E-state index is 0.00945. The van der Waals surface area contributed by atoms with Gasteiger partial charge < -0.3 is 15.3 Å². The number of carbonyl (C=O) groups is 4. The highest BCUT2D eigenvalue weighted by molar-refractivity contribution is 6.23. The lowest BCUT2D eigenvalue weighted by Crippen LogP contribution is -2.71. The zero-order valence-electron chi connectivity index (χ0n) is 19.2. The van der Waals surface area contributed by atoms with Crippen molar-refractivity contribution < 1.29 is 34.5 Å². The van der Waals surface area contributed by atoms with Crippen molar-refractivity contribution in [1.29, 1.82) is 0 Å². The molecule has 0 aromatic carbocycles. The van der Waals surface area contributed by atoms with E-state index >= 15 is 0 Å². The average molecular weight is 449 g/mol. The number of hydrogen-bond donors (Lipinski definition) is 3. The molecule has 0 bridgehead atoms. The summed E-state index contributed by atoms with van der Waals surface area (Å²) in [7, 11) is 0. The largest absolute Gasteiger partial charge is 0.392 e. The van der Waals surface area contributed by atoms with Gasteiger partial charge in [-0.3, -0.25) is 19.2 Å². The maximum atomic E-state index is 13.8. The number of aliphatic hydroxyl groups is 3. The summed E-state index contributed by atoms with van der Waals surface area (Å²) in [5, 5.41) is 33.8. The van der Waals surface area contributed by atoms with Crippen LogP contribution in [-0.4, -0.2) is 56.3 Å². The third kappa shape index (κ3) is 3.26. The molecule has 0 aliphatic heterocycles. The Balaban J connectivity index is 1.69. The highest BCUT2D eigenvalue weighted by atomic mass is 16.4. The molecule has 0 aromatic rings. The van der Waals surface area contributed by atoms with Crippen LogP contribution in [0.4, 0.5) is 0 Å². The van der Waals surface area contributed by atoms with Crippen molar-refractivity contribution in [3.8, 4) is 0 Å². The summed E-state index contributed by atoms with van der Waals surface area (Å²) in [5.74, 6) is -6.23. The lowest BCUT2D eigenvalue weighted by atomic mass is 9.48. The molecule has 3 N–H and O–H groups in total. The van der Waals surface area contributed by atoms with Gasteiger partial charge in [-0.05, 0) is 56.3 Å². The van der Waals surface area contributed by atoms with Gasteiger partial charge >= 0.3 is 0 Å². The van der Waals surface area contributed by atoms with Crippen LogP contribution < -0.4 is 0 Å². The summed E-state index contributed by atoms with van der Waals surface area (Å²) < 4.78 is 0. The fourth-order valence-electron chi connectivity index (χ4n) is 7.79. The number of Topliss-reactive ketones (excluding diaryl/α,β-unsaturated/α-hetero) is 4. The van der Waals surface area contributed by atoms with Gasteiger partial charge in [0.05, 0.1) is 12.0 Å². The molecule has 11 unspecified atom stereocenters. The SMILES string of the molecule is CCCC1CC(CC)C2CC3CC4CC(=O)C(C(C)=O)C(=O)C4(O)C(O)C3C(=O)C2C1O. The molecule has 11 atom stereocenters. The Morgan fingerprint density at radius 1 is 1.03 bits per heavy atom. The van der Waals surface area contributed by atoms with E-state index in [2.05, 4.69) is 13.8 Å². The smallest absolute Gasteiger partial charge is 0.185 e. The first-order valence-electron chi connectivity index (χ1n) is 12.3. The van der Waals surface area contributed by atoms with Crippen molar-refractivity contribution in [3.05, 3.63) is 0 Å². The topological polar surface area (TPSA) is 129 Å². The quantitative estimate of drug-likeness (QED) is 0.556. The van der Waals surface area contributed by atoms with Crippen LogP contribution in [0.5, 0.6) is 0 Å². The van der Waals surface area contributed by atoms with Crippen LogP contribution in [0.25, 0.3) is 0 Å². The number of ketones is 4. The molecule has 0 heterocycles. The molecule has 32 heavy (non-hydrogen) atoms. The first kappa shape index (κ1) is 23.7. The Morgan fingerprint density at radius 3 is 2.31 bits per heavy atom. The maximum Gasteiger partial charge on any atom is 0.185 e. The van der Waals surface area contributed by atoms with E-state index in [0.717, 1.165) is 32.6 Å². The number of carbonyl (C=O) groups excluding carboxylic acids is 4. The van der Waals surface area contributed by atoms with Gasteiger partial charge in [0.25, 0.3) is 0 Å². The predicted octanol–water partition coefficient (Wildman–Crippen LogP) is 1.49. The van der Waals surface area contributed by atoms with E-state index in [0.29, 0.717) is 18.8 Å². The Morgan fingerprint density at radius 2 is 1.72 bits per heavy atom. The molecule has 0 amide bonds. The highest BCUT2D eigenvalue weighted by Gasteiger charge is 2.67. The summed E-state index contributed by atoms with van der Waals surface area (Å²) in [6, 6.07) is 0. The molecule has 0 radical (unpaired) electrons. The molecule has 0 spiro atoms. The predicted molar refractivity (Wildman–Crippen MR) is 114 cm³/mol. The highest BCUT2D eigenvalue weighted by Crippen LogP contribution is 2.56. The van der Waals surface area contributed by atoms with Crippen LogP contribution in [-0.2, 0) is 19.2 Å². The average Bonchev–Trinajstić information content (AvgIpc) is 2.72. The van der Waals surface area contributed by atoms with E-state index in [1.54, 1.807) is 0 Å². The normalized spacial score (nSPS) is 48.6. The molecule has 0 saturated heterocycles. The van der Waals surface area contributed by atoms with Crippen LogP contribution in [0.3, 0.4) is 0 Å². The van der Waals surface area contributed by atoms with Crippen molar-refractivity contribution in [3.63, 3.8) is 0 Å². The lowest BCUT2D eigenvalue weighted by Gasteiger charge is -2.57. The molecular formula is C25H36O7. The molecule has 4 saturated carbocycles. The second kappa shape index (κ2) is 8.41. The molecule has 4 aliphatic carbocycles. The van der Waals surface area contributed by atoms with Gasteiger partial charge in [0.2, 0.25) is 0 Å². The van der Waals surface area contributed by atoms with Crippen LogP contribution in [0, 0.1) is 47.3 Å². The van der Waals surface area contributed by atoms with Gasteiger partial charge in [0.1, 0.15) is 23.6 Å². The second-order valence-corrected chi connectivity index (χ2v) is 10.8. The number of hydrogen-bond acceptors (Lipinski definition) is 7. The molecule has 178 valence electrons. The fraction of sp³-hybridized carbons (Fsp3) is 0.840. The van der Waals surface area contributed by atoms with Crippen molar-refractivity contribution in [2.75, 3.05) is 0 Å². The maximum absolute atomic E-state index is 13.8. The third-order valence-corrected chi connectivity index (χ3v) is 9.28. The van der Waals surface area contributed by atoms with Crippen LogP contribution in [0.2, 0.25) is 0 Å². The van der Waals surface area contributed by atoms with Gasteiger partial charge in [-0.15, -0.1) is 0 Å². The molecule has 7 heteroatoms. The molecule has 4 rings (SSSR count). The monoisotopic (exact) mass is 448 g/mol. The fourth-order valence-corrected chi connectivity index (χ4v) is 7.79. The summed E-state index contributed by atoms with van der Waals surface area (Å²) >= 11 is 0. The van der Waals surface area contributed by atoms with E-state index in [1.165, 1.54) is 0 Å². The van der Waals surface area contributed by atoms with Crippen molar-refractivity contribution in [1.82, 2.24) is 0 Å². The van der Waals surface area contributed by atoms with E-state index in [9.17, 15) is 34.5 Å². The van der Waals surface area contributed by atoms with Crippen molar-refractivity contribution in [2.45, 2.75) is 83.5 Å². The van der Waals surface area contributed by atoms with Crippen LogP contribution in [0.15, 0.2) is 0 Å². The van der Waals surface area contributed by atoms with E-state index in [-0.39, 0.29) is 30.0 Å². The minimum Gasteiger partial charge on any atom is -0.392 e.